The molecule has 0 radical (unpaired) electrons. The molecule has 0 aliphatic heterocycles. The zero-order chi connectivity index (χ0) is 29.2. The molecular formula is C30H43N3O6. The molecule has 2 rings (SSSR count). The molecule has 214 valence electrons. The van der Waals surface area contributed by atoms with Gasteiger partial charge < -0.3 is 30.5 Å². The van der Waals surface area contributed by atoms with Gasteiger partial charge in [-0.05, 0) is 64.3 Å². The number of rotatable bonds is 12. The summed E-state index contributed by atoms with van der Waals surface area (Å²) >= 11 is 0. The number of likely N-dealkylation sites (N-methyl/N-ethyl adjacent to an activating group) is 1. The normalized spacial score (nSPS) is 12.8. The molecule has 0 heterocycles. The first kappa shape index (κ1) is 31.5. The molecule has 2 atom stereocenters. The molecule has 0 spiro atoms. The summed E-state index contributed by atoms with van der Waals surface area (Å²) < 4.78 is 5.41. The quantitative estimate of drug-likeness (QED) is 0.288. The van der Waals surface area contributed by atoms with Gasteiger partial charge in [-0.3, -0.25) is 9.59 Å². The van der Waals surface area contributed by atoms with Gasteiger partial charge in [-0.25, -0.2) is 4.79 Å². The standard InChI is InChI=1S/C30H43N3O6/c1-7-9-10-18-31-27(36)25(23-13-11-12-20(3)26(23)35)33(8-2)28(37)24(32-29(38)39-30(4,5)6)19-21-14-16-22(34)17-15-21/h11-17,24-25,34-35H,7-10,18-19H2,1-6H3,(H,31,36)(H,32,38). The summed E-state index contributed by atoms with van der Waals surface area (Å²) in [4.78, 5) is 41.7. The minimum atomic E-state index is -1.12. The maximum atomic E-state index is 14.1. The van der Waals surface area contributed by atoms with Crippen LogP contribution in [-0.4, -0.2) is 57.8 Å². The van der Waals surface area contributed by atoms with Crippen LogP contribution in [0.3, 0.4) is 0 Å². The molecule has 0 aliphatic rings. The number of phenols is 2. The van der Waals surface area contributed by atoms with Crippen LogP contribution in [0.25, 0.3) is 0 Å². The van der Waals surface area contributed by atoms with E-state index >= 15 is 0 Å². The lowest BCUT2D eigenvalue weighted by Crippen LogP contribution is -2.53. The highest BCUT2D eigenvalue weighted by atomic mass is 16.6. The van der Waals surface area contributed by atoms with Crippen LogP contribution in [0.5, 0.6) is 11.5 Å². The van der Waals surface area contributed by atoms with Gasteiger partial charge in [0.1, 0.15) is 29.2 Å². The zero-order valence-electron chi connectivity index (χ0n) is 23.9. The van der Waals surface area contributed by atoms with Crippen LogP contribution in [0.4, 0.5) is 4.79 Å². The number of hydrogen-bond donors (Lipinski definition) is 4. The predicted molar refractivity (Wildman–Crippen MR) is 150 cm³/mol. The molecule has 0 fully saturated rings. The number of para-hydroxylation sites is 1. The van der Waals surface area contributed by atoms with E-state index in [2.05, 4.69) is 17.6 Å². The Kier molecular flexibility index (Phi) is 11.6. The fourth-order valence-corrected chi connectivity index (χ4v) is 4.22. The Morgan fingerprint density at radius 1 is 1.00 bits per heavy atom. The van der Waals surface area contributed by atoms with Gasteiger partial charge in [0.05, 0.1) is 0 Å². The highest BCUT2D eigenvalue weighted by molar-refractivity contribution is 5.92. The van der Waals surface area contributed by atoms with E-state index in [0.717, 1.165) is 19.3 Å². The van der Waals surface area contributed by atoms with Gasteiger partial charge >= 0.3 is 6.09 Å². The lowest BCUT2D eigenvalue weighted by molar-refractivity contribution is -0.142. The number of aromatic hydroxyl groups is 2. The van der Waals surface area contributed by atoms with Crippen molar-refractivity contribution in [3.05, 3.63) is 59.2 Å². The summed E-state index contributed by atoms with van der Waals surface area (Å²) in [5, 5.41) is 26.2. The third-order valence-electron chi connectivity index (χ3n) is 6.19. The maximum Gasteiger partial charge on any atom is 0.408 e. The van der Waals surface area contributed by atoms with E-state index in [1.165, 1.54) is 17.0 Å². The molecule has 4 N–H and O–H groups in total. The average Bonchev–Trinajstić information content (AvgIpc) is 2.86. The fraction of sp³-hybridized carbons (Fsp3) is 0.500. The number of nitrogens with zero attached hydrogens (tertiary/aromatic N) is 1. The molecule has 2 aromatic rings. The predicted octanol–water partition coefficient (Wildman–Crippen LogP) is 4.74. The fourth-order valence-electron chi connectivity index (χ4n) is 4.22. The molecule has 0 saturated carbocycles. The molecule has 0 aliphatic carbocycles. The zero-order valence-corrected chi connectivity index (χ0v) is 23.9. The smallest absolute Gasteiger partial charge is 0.408 e. The van der Waals surface area contributed by atoms with Crippen molar-refractivity contribution in [2.24, 2.45) is 0 Å². The maximum absolute atomic E-state index is 14.1. The summed E-state index contributed by atoms with van der Waals surface area (Å²) in [5.41, 5.74) is 0.790. The number of carbonyl (C=O) groups excluding carboxylic acids is 3. The van der Waals surface area contributed by atoms with Crippen molar-refractivity contribution >= 4 is 17.9 Å². The monoisotopic (exact) mass is 541 g/mol. The second kappa shape index (κ2) is 14.4. The number of unbranched alkanes of at least 4 members (excludes halogenated alkanes) is 2. The van der Waals surface area contributed by atoms with E-state index in [9.17, 15) is 24.6 Å². The number of carbonyl (C=O) groups is 3. The van der Waals surface area contributed by atoms with Gasteiger partial charge in [0, 0.05) is 25.1 Å². The minimum absolute atomic E-state index is 0.0624. The molecule has 0 bridgehead atoms. The molecule has 0 saturated heterocycles. The van der Waals surface area contributed by atoms with Crippen molar-refractivity contribution in [3.8, 4) is 11.5 Å². The highest BCUT2D eigenvalue weighted by Gasteiger charge is 2.37. The summed E-state index contributed by atoms with van der Waals surface area (Å²) in [7, 11) is 0. The van der Waals surface area contributed by atoms with Gasteiger partial charge in [-0.15, -0.1) is 0 Å². The Morgan fingerprint density at radius 3 is 2.26 bits per heavy atom. The summed E-state index contributed by atoms with van der Waals surface area (Å²) in [6.07, 6.45) is 2.06. The van der Waals surface area contributed by atoms with Crippen LogP contribution < -0.4 is 10.6 Å². The lowest BCUT2D eigenvalue weighted by atomic mass is 9.98. The van der Waals surface area contributed by atoms with E-state index < -0.39 is 35.6 Å². The molecule has 9 nitrogen and oxygen atoms in total. The SMILES string of the molecule is CCCCCNC(=O)C(c1cccc(C)c1O)N(CC)C(=O)C(Cc1ccc(O)cc1)NC(=O)OC(C)(C)C. The first-order chi connectivity index (χ1) is 18.4. The summed E-state index contributed by atoms with van der Waals surface area (Å²) in [5.74, 6) is -0.909. The number of aryl methyl sites for hydroxylation is 1. The van der Waals surface area contributed by atoms with Crippen molar-refractivity contribution in [1.82, 2.24) is 15.5 Å². The topological polar surface area (TPSA) is 128 Å². The Bertz CT molecular complexity index is 1110. The van der Waals surface area contributed by atoms with Gasteiger partial charge in [-0.2, -0.15) is 0 Å². The molecular weight excluding hydrogens is 498 g/mol. The number of amides is 3. The molecule has 2 aromatic carbocycles. The van der Waals surface area contributed by atoms with Crippen molar-refractivity contribution < 1.29 is 29.3 Å². The first-order valence-corrected chi connectivity index (χ1v) is 13.5. The average molecular weight is 542 g/mol. The van der Waals surface area contributed by atoms with Crippen LogP contribution in [0.1, 0.15) is 76.6 Å². The Balaban J connectivity index is 2.48. The second-order valence-electron chi connectivity index (χ2n) is 10.6. The number of hydrogen-bond acceptors (Lipinski definition) is 6. The Labute approximate surface area is 231 Å². The largest absolute Gasteiger partial charge is 0.508 e. The lowest BCUT2D eigenvalue weighted by Gasteiger charge is -2.34. The number of phenolic OH excluding ortho intramolecular Hbond substituents is 2. The number of alkyl carbamates (subject to hydrolysis) is 1. The Morgan fingerprint density at radius 2 is 1.67 bits per heavy atom. The van der Waals surface area contributed by atoms with Crippen molar-refractivity contribution in [3.63, 3.8) is 0 Å². The van der Waals surface area contributed by atoms with Crippen molar-refractivity contribution in [2.45, 2.75) is 84.9 Å². The van der Waals surface area contributed by atoms with Crippen LogP contribution in [0, 0.1) is 6.92 Å². The van der Waals surface area contributed by atoms with Crippen LogP contribution in [0.15, 0.2) is 42.5 Å². The number of ether oxygens (including phenoxy) is 1. The summed E-state index contributed by atoms with van der Waals surface area (Å²) in [6, 6.07) is 9.21. The highest BCUT2D eigenvalue weighted by Crippen LogP contribution is 2.32. The van der Waals surface area contributed by atoms with Crippen LogP contribution in [-0.2, 0) is 20.7 Å². The van der Waals surface area contributed by atoms with E-state index in [0.29, 0.717) is 23.2 Å². The first-order valence-electron chi connectivity index (χ1n) is 13.5. The molecule has 39 heavy (non-hydrogen) atoms. The van der Waals surface area contributed by atoms with Gasteiger partial charge in [-0.1, -0.05) is 50.1 Å². The van der Waals surface area contributed by atoms with Gasteiger partial charge in [0.15, 0.2) is 0 Å². The third kappa shape index (κ3) is 9.50. The van der Waals surface area contributed by atoms with E-state index in [4.69, 9.17) is 4.74 Å². The summed E-state index contributed by atoms with van der Waals surface area (Å²) in [6.45, 7) is 11.3. The molecule has 3 amide bonds. The Hall–Kier alpha value is -3.75. The second-order valence-corrected chi connectivity index (χ2v) is 10.6. The van der Waals surface area contributed by atoms with Crippen LogP contribution in [0.2, 0.25) is 0 Å². The number of benzene rings is 2. The molecule has 0 aromatic heterocycles. The van der Waals surface area contributed by atoms with E-state index in [1.54, 1.807) is 65.0 Å². The minimum Gasteiger partial charge on any atom is -0.508 e. The van der Waals surface area contributed by atoms with Crippen molar-refractivity contribution in [2.75, 3.05) is 13.1 Å². The van der Waals surface area contributed by atoms with Crippen LogP contribution >= 0.6 is 0 Å². The number of nitrogens with one attached hydrogen (secondary N) is 2. The third-order valence-corrected chi connectivity index (χ3v) is 6.19. The van der Waals surface area contributed by atoms with E-state index in [-0.39, 0.29) is 24.5 Å². The molecule has 9 heteroatoms. The van der Waals surface area contributed by atoms with Crippen molar-refractivity contribution in [1.29, 1.82) is 0 Å². The van der Waals surface area contributed by atoms with E-state index in [1.807, 2.05) is 0 Å². The van der Waals surface area contributed by atoms with Gasteiger partial charge in [0.25, 0.3) is 0 Å². The van der Waals surface area contributed by atoms with Gasteiger partial charge in [0.2, 0.25) is 11.8 Å². The molecule has 2 unspecified atom stereocenters.